The summed E-state index contributed by atoms with van der Waals surface area (Å²) in [4.78, 5) is 6.37. The number of aromatic nitrogens is 1. The predicted molar refractivity (Wildman–Crippen MR) is 109 cm³/mol. The quantitative estimate of drug-likeness (QED) is 0.531. The highest BCUT2D eigenvalue weighted by atomic mass is 19.1. The molecule has 0 radical (unpaired) electrons. The summed E-state index contributed by atoms with van der Waals surface area (Å²) in [5.74, 6) is 0.889. The van der Waals surface area contributed by atoms with Crippen LogP contribution in [0.3, 0.4) is 0 Å². The Bertz CT molecular complexity index is 981. The van der Waals surface area contributed by atoms with Crippen molar-refractivity contribution in [3.63, 3.8) is 0 Å². The van der Waals surface area contributed by atoms with Crippen molar-refractivity contribution in [3.05, 3.63) is 77.4 Å². The number of halogens is 1. The summed E-state index contributed by atoms with van der Waals surface area (Å²) >= 11 is 0. The highest BCUT2D eigenvalue weighted by Gasteiger charge is 2.13. The second-order valence-electron chi connectivity index (χ2n) is 6.92. The molecular weight excluding hydrogens is 371 g/mol. The molecule has 0 spiro atoms. The molecule has 6 nitrogen and oxygen atoms in total. The Morgan fingerprint density at radius 3 is 2.66 bits per heavy atom. The maximum Gasteiger partial charge on any atom is 0.191 e. The van der Waals surface area contributed by atoms with Gasteiger partial charge in [-0.2, -0.15) is 0 Å². The summed E-state index contributed by atoms with van der Waals surface area (Å²) in [6.45, 7) is 3.13. The molecule has 0 atom stereocenters. The number of hydrogen-bond donors (Lipinski definition) is 1. The highest BCUT2D eigenvalue weighted by molar-refractivity contribution is 5.78. The normalized spacial score (nSPS) is 14.9. The van der Waals surface area contributed by atoms with Crippen LogP contribution in [0, 0.1) is 5.82 Å². The molecule has 0 amide bonds. The van der Waals surface area contributed by atoms with Gasteiger partial charge in [0.25, 0.3) is 0 Å². The van der Waals surface area contributed by atoms with Crippen LogP contribution in [0.1, 0.15) is 17.0 Å². The van der Waals surface area contributed by atoms with Crippen molar-refractivity contribution in [1.29, 1.82) is 0 Å². The summed E-state index contributed by atoms with van der Waals surface area (Å²) < 4.78 is 25.2. The van der Waals surface area contributed by atoms with Crippen molar-refractivity contribution in [2.45, 2.75) is 13.0 Å². The number of rotatable bonds is 5. The van der Waals surface area contributed by atoms with E-state index in [9.17, 15) is 4.39 Å². The summed E-state index contributed by atoms with van der Waals surface area (Å²) in [6, 6.07) is 16.6. The zero-order chi connectivity index (χ0) is 20.1. The van der Waals surface area contributed by atoms with Crippen LogP contribution in [-0.4, -0.2) is 42.3 Å². The number of benzene rings is 2. The maximum absolute atomic E-state index is 14.5. The first-order chi connectivity index (χ1) is 14.2. The second kappa shape index (κ2) is 8.87. The van der Waals surface area contributed by atoms with Crippen LogP contribution in [-0.2, 0) is 17.7 Å². The SMILES string of the molecule is N/C(=N\Cc1cc(Cc2ccc(-c3ccccc3)c(F)c2)on1)N1CCOCC1. The zero-order valence-electron chi connectivity index (χ0n) is 16.1. The summed E-state index contributed by atoms with van der Waals surface area (Å²) in [5, 5.41) is 4.04. The molecule has 0 unspecified atom stereocenters. The second-order valence-corrected chi connectivity index (χ2v) is 6.92. The van der Waals surface area contributed by atoms with Gasteiger partial charge in [0, 0.05) is 31.1 Å². The molecule has 1 saturated heterocycles. The minimum absolute atomic E-state index is 0.253. The fourth-order valence-corrected chi connectivity index (χ4v) is 3.29. The zero-order valence-corrected chi connectivity index (χ0v) is 16.1. The standard InChI is InChI=1S/C22H23FN4O2/c23-21-13-16(6-7-20(21)17-4-2-1-3-5-17)12-19-14-18(26-29-19)15-25-22(24)27-8-10-28-11-9-27/h1-7,13-14H,8-12,15H2,(H2,24,25). The first-order valence-corrected chi connectivity index (χ1v) is 9.60. The third-order valence-corrected chi connectivity index (χ3v) is 4.84. The lowest BCUT2D eigenvalue weighted by atomic mass is 10.0. The van der Waals surface area contributed by atoms with Crippen molar-refractivity contribution in [2.24, 2.45) is 10.7 Å². The van der Waals surface area contributed by atoms with Crippen LogP contribution >= 0.6 is 0 Å². The minimum atomic E-state index is -0.253. The first kappa shape index (κ1) is 19.1. The molecule has 1 fully saturated rings. The number of aliphatic imine (C=N–C) groups is 1. The van der Waals surface area contributed by atoms with Gasteiger partial charge >= 0.3 is 0 Å². The van der Waals surface area contributed by atoms with Gasteiger partial charge in [-0.3, -0.25) is 0 Å². The van der Waals surface area contributed by atoms with Crippen LogP contribution in [0.4, 0.5) is 4.39 Å². The molecule has 29 heavy (non-hydrogen) atoms. The Balaban J connectivity index is 1.39. The molecule has 2 heterocycles. The maximum atomic E-state index is 14.5. The van der Waals surface area contributed by atoms with E-state index in [1.165, 1.54) is 0 Å². The monoisotopic (exact) mass is 394 g/mol. The molecule has 150 valence electrons. The van der Waals surface area contributed by atoms with Crippen LogP contribution in [0.25, 0.3) is 11.1 Å². The largest absolute Gasteiger partial charge is 0.378 e. The molecule has 1 aliphatic rings. The van der Waals surface area contributed by atoms with Gasteiger partial charge in [-0.25, -0.2) is 9.38 Å². The van der Waals surface area contributed by atoms with E-state index >= 15 is 0 Å². The lowest BCUT2D eigenvalue weighted by Gasteiger charge is -2.27. The van der Waals surface area contributed by atoms with Crippen molar-refractivity contribution >= 4 is 5.96 Å². The van der Waals surface area contributed by atoms with Gasteiger partial charge in [0.15, 0.2) is 5.96 Å². The fraction of sp³-hybridized carbons (Fsp3) is 0.273. The van der Waals surface area contributed by atoms with E-state index in [4.69, 9.17) is 15.0 Å². The van der Waals surface area contributed by atoms with Crippen molar-refractivity contribution in [1.82, 2.24) is 10.1 Å². The van der Waals surface area contributed by atoms with Gasteiger partial charge < -0.3 is 19.9 Å². The number of guanidine groups is 1. The molecule has 1 aliphatic heterocycles. The van der Waals surface area contributed by atoms with Gasteiger partial charge in [-0.15, -0.1) is 0 Å². The molecule has 2 N–H and O–H groups in total. The summed E-state index contributed by atoms with van der Waals surface area (Å²) in [5.41, 5.74) is 8.98. The lowest BCUT2D eigenvalue weighted by molar-refractivity contribution is 0.0674. The van der Waals surface area contributed by atoms with Crippen LogP contribution in [0.15, 0.2) is 64.1 Å². The van der Waals surface area contributed by atoms with E-state index in [0.29, 0.717) is 49.2 Å². The van der Waals surface area contributed by atoms with Crippen molar-refractivity contribution < 1.29 is 13.7 Å². The minimum Gasteiger partial charge on any atom is -0.378 e. The number of ether oxygens (including phenoxy) is 1. The van der Waals surface area contributed by atoms with E-state index in [-0.39, 0.29) is 5.82 Å². The Morgan fingerprint density at radius 2 is 1.90 bits per heavy atom. The Hall–Kier alpha value is -3.19. The average Bonchev–Trinajstić information content (AvgIpc) is 3.20. The Morgan fingerprint density at radius 1 is 1.10 bits per heavy atom. The van der Waals surface area contributed by atoms with Gasteiger partial charge in [-0.05, 0) is 17.2 Å². The topological polar surface area (TPSA) is 76.9 Å². The van der Waals surface area contributed by atoms with Gasteiger partial charge in [0.2, 0.25) is 0 Å². The third-order valence-electron chi connectivity index (χ3n) is 4.84. The van der Waals surface area contributed by atoms with Crippen molar-refractivity contribution in [2.75, 3.05) is 26.3 Å². The average molecular weight is 394 g/mol. The van der Waals surface area contributed by atoms with Crippen LogP contribution < -0.4 is 5.73 Å². The number of morpholine rings is 1. The van der Waals surface area contributed by atoms with Gasteiger partial charge in [0.1, 0.15) is 17.3 Å². The molecule has 2 aromatic carbocycles. The number of nitrogens with two attached hydrogens (primary N) is 1. The summed E-state index contributed by atoms with van der Waals surface area (Å²) in [7, 11) is 0. The molecule has 0 bridgehead atoms. The smallest absolute Gasteiger partial charge is 0.191 e. The van der Waals surface area contributed by atoms with Crippen molar-refractivity contribution in [3.8, 4) is 11.1 Å². The van der Waals surface area contributed by atoms with E-state index in [1.54, 1.807) is 12.1 Å². The molecule has 4 rings (SSSR count). The van der Waals surface area contributed by atoms with Crippen LogP contribution in [0.2, 0.25) is 0 Å². The lowest BCUT2D eigenvalue weighted by Crippen LogP contribution is -2.44. The summed E-state index contributed by atoms with van der Waals surface area (Å²) in [6.07, 6.45) is 0.460. The molecule has 0 aliphatic carbocycles. The molecule has 1 aromatic heterocycles. The molecule has 3 aromatic rings. The highest BCUT2D eigenvalue weighted by Crippen LogP contribution is 2.24. The molecule has 0 saturated carbocycles. The first-order valence-electron chi connectivity index (χ1n) is 9.60. The number of nitrogens with zero attached hydrogens (tertiary/aromatic N) is 3. The van der Waals surface area contributed by atoms with Gasteiger partial charge in [-0.1, -0.05) is 47.6 Å². The third kappa shape index (κ3) is 4.81. The molecular formula is C22H23FN4O2. The molecule has 7 heteroatoms. The van der Waals surface area contributed by atoms with E-state index < -0.39 is 0 Å². The Labute approximate surface area is 168 Å². The van der Waals surface area contributed by atoms with E-state index in [0.717, 1.165) is 24.2 Å². The van der Waals surface area contributed by atoms with Crippen LogP contribution in [0.5, 0.6) is 0 Å². The fourth-order valence-electron chi connectivity index (χ4n) is 3.29. The Kier molecular flexibility index (Phi) is 5.86. The van der Waals surface area contributed by atoms with E-state index in [1.807, 2.05) is 47.4 Å². The van der Waals surface area contributed by atoms with Gasteiger partial charge in [0.05, 0.1) is 19.8 Å². The predicted octanol–water partition coefficient (Wildman–Crippen LogP) is 3.22. The van der Waals surface area contributed by atoms with E-state index in [2.05, 4.69) is 10.1 Å². The number of hydrogen-bond acceptors (Lipinski definition) is 4.